The lowest BCUT2D eigenvalue weighted by Gasteiger charge is -2.23. The minimum absolute atomic E-state index is 0.0508. The molecule has 4 N–H and O–H groups in total. The number of hydrazine groups is 1. The molecule has 0 aliphatic carbocycles. The van der Waals surface area contributed by atoms with Gasteiger partial charge in [-0.25, -0.2) is 9.59 Å². The molecule has 0 radical (unpaired) electrons. The fourth-order valence-corrected chi connectivity index (χ4v) is 2.83. The quantitative estimate of drug-likeness (QED) is 0.426. The van der Waals surface area contributed by atoms with E-state index in [0.29, 0.717) is 0 Å². The maximum Gasteiger partial charge on any atom is 0.408 e. The molecule has 35 heavy (non-hydrogen) atoms. The summed E-state index contributed by atoms with van der Waals surface area (Å²) < 4.78 is 10.3. The second kappa shape index (κ2) is 13.0. The Balaban J connectivity index is 1.88. The van der Waals surface area contributed by atoms with Crippen molar-refractivity contribution in [1.82, 2.24) is 21.5 Å². The van der Waals surface area contributed by atoms with E-state index in [1.807, 2.05) is 48.5 Å². The molecule has 188 valence electrons. The first kappa shape index (κ1) is 27.2. The van der Waals surface area contributed by atoms with E-state index < -0.39 is 41.7 Å². The van der Waals surface area contributed by atoms with Crippen LogP contribution in [-0.4, -0.2) is 41.7 Å². The topological polar surface area (TPSA) is 135 Å². The SMILES string of the molecule is C[C@H](NC(=O)OCc1ccccc1)C(=O)NNC(=O)[C@H](Cc1ccccc1)NC(=O)OC(C)(C)C. The molecule has 2 aromatic carbocycles. The lowest BCUT2D eigenvalue weighted by atomic mass is 10.1. The number of benzene rings is 2. The monoisotopic (exact) mass is 484 g/mol. The Kier molecular flexibility index (Phi) is 10.1. The Bertz CT molecular complexity index is 992. The van der Waals surface area contributed by atoms with Crippen molar-refractivity contribution < 1.29 is 28.7 Å². The summed E-state index contributed by atoms with van der Waals surface area (Å²) in [5.74, 6) is -1.34. The van der Waals surface area contributed by atoms with Crippen molar-refractivity contribution in [3.8, 4) is 0 Å². The molecule has 2 rings (SSSR count). The molecule has 0 aliphatic rings. The molecule has 4 amide bonds. The maximum absolute atomic E-state index is 12.7. The summed E-state index contributed by atoms with van der Waals surface area (Å²) in [4.78, 5) is 49.3. The molecule has 10 heteroatoms. The van der Waals surface area contributed by atoms with Gasteiger partial charge in [0.1, 0.15) is 24.3 Å². The summed E-state index contributed by atoms with van der Waals surface area (Å²) in [5, 5.41) is 4.91. The summed E-state index contributed by atoms with van der Waals surface area (Å²) in [6.07, 6.45) is -1.38. The first-order valence-electron chi connectivity index (χ1n) is 11.1. The second-order valence-corrected chi connectivity index (χ2v) is 8.79. The Morgan fingerprint density at radius 2 is 1.31 bits per heavy atom. The molecule has 10 nitrogen and oxygen atoms in total. The van der Waals surface area contributed by atoms with Gasteiger partial charge in [-0.3, -0.25) is 20.4 Å². The van der Waals surface area contributed by atoms with Crippen LogP contribution in [0, 0.1) is 0 Å². The van der Waals surface area contributed by atoms with Gasteiger partial charge in [-0.05, 0) is 38.8 Å². The molecule has 0 saturated carbocycles. The summed E-state index contributed by atoms with van der Waals surface area (Å²) in [6.45, 7) is 6.61. The zero-order valence-corrected chi connectivity index (χ0v) is 20.3. The lowest BCUT2D eigenvalue weighted by Crippen LogP contribution is -2.56. The second-order valence-electron chi connectivity index (χ2n) is 8.79. The van der Waals surface area contributed by atoms with Gasteiger partial charge in [0.2, 0.25) is 0 Å². The third kappa shape index (κ3) is 10.6. The molecule has 0 aliphatic heterocycles. The highest BCUT2D eigenvalue weighted by atomic mass is 16.6. The van der Waals surface area contributed by atoms with E-state index in [1.54, 1.807) is 32.9 Å². The van der Waals surface area contributed by atoms with Crippen molar-refractivity contribution in [1.29, 1.82) is 0 Å². The van der Waals surface area contributed by atoms with E-state index in [0.717, 1.165) is 11.1 Å². The van der Waals surface area contributed by atoms with E-state index in [1.165, 1.54) is 6.92 Å². The van der Waals surface area contributed by atoms with Crippen LogP contribution in [0.5, 0.6) is 0 Å². The van der Waals surface area contributed by atoms with Crippen molar-refractivity contribution >= 4 is 24.0 Å². The van der Waals surface area contributed by atoms with E-state index in [4.69, 9.17) is 9.47 Å². The highest BCUT2D eigenvalue weighted by Gasteiger charge is 2.26. The number of amides is 4. The average Bonchev–Trinajstić information content (AvgIpc) is 2.80. The van der Waals surface area contributed by atoms with E-state index in [9.17, 15) is 19.2 Å². The number of alkyl carbamates (subject to hydrolysis) is 2. The van der Waals surface area contributed by atoms with Crippen LogP contribution in [0.25, 0.3) is 0 Å². The molecule has 0 fully saturated rings. The number of ether oxygens (including phenoxy) is 2. The van der Waals surface area contributed by atoms with E-state index >= 15 is 0 Å². The first-order valence-corrected chi connectivity index (χ1v) is 11.1. The predicted octanol–water partition coefficient (Wildman–Crippen LogP) is 2.58. The molecule has 0 bridgehead atoms. The number of nitrogens with one attached hydrogen (secondary N) is 4. The molecular weight excluding hydrogens is 452 g/mol. The van der Waals surface area contributed by atoms with Crippen LogP contribution in [0.1, 0.15) is 38.8 Å². The summed E-state index contributed by atoms with van der Waals surface area (Å²) in [6, 6.07) is 16.1. The first-order chi connectivity index (χ1) is 16.5. The van der Waals surface area contributed by atoms with E-state index in [2.05, 4.69) is 21.5 Å². The third-order valence-electron chi connectivity index (χ3n) is 4.54. The molecule has 2 aromatic rings. The number of hydrogen-bond acceptors (Lipinski definition) is 6. The summed E-state index contributed by atoms with van der Waals surface area (Å²) >= 11 is 0. The molecule has 0 spiro atoms. The Morgan fingerprint density at radius 1 is 0.771 bits per heavy atom. The van der Waals surface area contributed by atoms with Gasteiger partial charge < -0.3 is 20.1 Å². The molecular formula is C25H32N4O6. The molecule has 0 saturated heterocycles. The summed E-state index contributed by atoms with van der Waals surface area (Å²) in [5.41, 5.74) is 5.38. The maximum atomic E-state index is 12.7. The normalized spacial score (nSPS) is 12.5. The van der Waals surface area contributed by atoms with Gasteiger partial charge in [0.15, 0.2) is 0 Å². The van der Waals surface area contributed by atoms with Crippen molar-refractivity contribution in [2.75, 3.05) is 0 Å². The Labute approximate surface area is 204 Å². The van der Waals surface area contributed by atoms with Crippen molar-refractivity contribution in [3.63, 3.8) is 0 Å². The number of carbonyl (C=O) groups is 4. The number of rotatable bonds is 8. The van der Waals surface area contributed by atoms with Crippen LogP contribution < -0.4 is 21.5 Å². The molecule has 0 aromatic heterocycles. The predicted molar refractivity (Wildman–Crippen MR) is 129 cm³/mol. The highest BCUT2D eigenvalue weighted by Crippen LogP contribution is 2.09. The smallest absolute Gasteiger partial charge is 0.408 e. The molecule has 0 heterocycles. The lowest BCUT2D eigenvalue weighted by molar-refractivity contribution is -0.130. The van der Waals surface area contributed by atoms with Gasteiger partial charge in [-0.15, -0.1) is 0 Å². The minimum atomic E-state index is -1.02. The average molecular weight is 485 g/mol. The van der Waals surface area contributed by atoms with Gasteiger partial charge in [0.05, 0.1) is 0 Å². The Hall–Kier alpha value is -4.08. The van der Waals surface area contributed by atoms with Crippen LogP contribution in [0.4, 0.5) is 9.59 Å². The fraction of sp³-hybridized carbons (Fsp3) is 0.360. The van der Waals surface area contributed by atoms with Crippen LogP contribution >= 0.6 is 0 Å². The van der Waals surface area contributed by atoms with Gasteiger partial charge in [0.25, 0.3) is 11.8 Å². The molecule has 0 unspecified atom stereocenters. The van der Waals surface area contributed by atoms with Crippen molar-refractivity contribution in [2.45, 2.75) is 58.4 Å². The van der Waals surface area contributed by atoms with Crippen molar-refractivity contribution in [2.24, 2.45) is 0 Å². The number of carbonyl (C=O) groups excluding carboxylic acids is 4. The third-order valence-corrected chi connectivity index (χ3v) is 4.54. The summed E-state index contributed by atoms with van der Waals surface area (Å²) in [7, 11) is 0. The largest absolute Gasteiger partial charge is 0.445 e. The van der Waals surface area contributed by atoms with Gasteiger partial charge in [-0.2, -0.15) is 0 Å². The Morgan fingerprint density at radius 3 is 1.89 bits per heavy atom. The standard InChI is InChI=1S/C25H32N4O6/c1-17(26-23(32)34-16-19-13-9-6-10-14-19)21(30)28-29-22(31)20(15-18-11-7-5-8-12-18)27-24(33)35-25(2,3)4/h5-14,17,20H,15-16H2,1-4H3,(H,26,32)(H,27,33)(H,28,30)(H,29,31)/t17-,20-/m0/s1. The number of hydrogen-bond donors (Lipinski definition) is 4. The van der Waals surface area contributed by atoms with Crippen LogP contribution in [0.3, 0.4) is 0 Å². The fourth-order valence-electron chi connectivity index (χ4n) is 2.83. The van der Waals surface area contributed by atoms with Gasteiger partial charge in [-0.1, -0.05) is 60.7 Å². The van der Waals surface area contributed by atoms with Crippen LogP contribution in [-0.2, 0) is 32.1 Å². The van der Waals surface area contributed by atoms with Crippen molar-refractivity contribution in [3.05, 3.63) is 71.8 Å². The van der Waals surface area contributed by atoms with Gasteiger partial charge in [0, 0.05) is 6.42 Å². The van der Waals surface area contributed by atoms with Crippen LogP contribution in [0.15, 0.2) is 60.7 Å². The zero-order chi connectivity index (χ0) is 25.8. The minimum Gasteiger partial charge on any atom is -0.445 e. The van der Waals surface area contributed by atoms with E-state index in [-0.39, 0.29) is 13.0 Å². The van der Waals surface area contributed by atoms with Gasteiger partial charge >= 0.3 is 12.2 Å². The molecule has 2 atom stereocenters. The zero-order valence-electron chi connectivity index (χ0n) is 20.3. The van der Waals surface area contributed by atoms with Crippen LogP contribution in [0.2, 0.25) is 0 Å². The highest BCUT2D eigenvalue weighted by molar-refractivity contribution is 5.90.